The van der Waals surface area contributed by atoms with Crippen LogP contribution in [0.25, 0.3) is 11.3 Å². The molecule has 1 aromatic heterocycles. The topological polar surface area (TPSA) is 68.6 Å². The predicted octanol–water partition coefficient (Wildman–Crippen LogP) is 4.98. The standard InChI is InChI=1S/C26H32N4O3/c1-3-16-27-26(31)30(18-22-15-10-17-32-22)19-23-24(20-11-6-4-7-12-20)28-29(2)25(23)33-21-13-8-5-9-14-21/h4-9,11-14,22H,3,10,15-19H2,1-2H3,(H,27,31)/t22-/m1/s1. The molecule has 2 amide bonds. The number of ether oxygens (including phenoxy) is 2. The first kappa shape index (κ1) is 22.9. The van der Waals surface area contributed by atoms with E-state index in [2.05, 4.69) is 5.32 Å². The highest BCUT2D eigenvalue weighted by Crippen LogP contribution is 2.34. The molecule has 33 heavy (non-hydrogen) atoms. The summed E-state index contributed by atoms with van der Waals surface area (Å²) in [5.41, 5.74) is 2.67. The van der Waals surface area contributed by atoms with Gasteiger partial charge in [0, 0.05) is 32.3 Å². The normalized spacial score (nSPS) is 15.4. The Morgan fingerprint density at radius 2 is 1.91 bits per heavy atom. The first-order chi connectivity index (χ1) is 16.2. The summed E-state index contributed by atoms with van der Waals surface area (Å²) in [6, 6.07) is 19.6. The molecule has 2 aromatic carbocycles. The van der Waals surface area contributed by atoms with Gasteiger partial charge in [0.2, 0.25) is 5.88 Å². The van der Waals surface area contributed by atoms with Crippen molar-refractivity contribution in [1.82, 2.24) is 20.0 Å². The molecule has 0 radical (unpaired) electrons. The second-order valence-corrected chi connectivity index (χ2v) is 8.28. The van der Waals surface area contributed by atoms with E-state index in [4.69, 9.17) is 14.6 Å². The molecule has 1 aliphatic rings. The summed E-state index contributed by atoms with van der Waals surface area (Å²) < 4.78 is 13.9. The first-order valence-corrected chi connectivity index (χ1v) is 11.6. The summed E-state index contributed by atoms with van der Waals surface area (Å²) in [6.45, 7) is 4.33. The largest absolute Gasteiger partial charge is 0.439 e. The van der Waals surface area contributed by atoms with Crippen LogP contribution in [0.4, 0.5) is 4.79 Å². The van der Waals surface area contributed by atoms with E-state index in [1.54, 1.807) is 4.68 Å². The van der Waals surface area contributed by atoms with Gasteiger partial charge < -0.3 is 19.7 Å². The van der Waals surface area contributed by atoms with Crippen LogP contribution in [-0.2, 0) is 18.3 Å². The van der Waals surface area contributed by atoms with Gasteiger partial charge in [-0.1, -0.05) is 55.5 Å². The summed E-state index contributed by atoms with van der Waals surface area (Å²) >= 11 is 0. The van der Waals surface area contributed by atoms with Gasteiger partial charge in [0.15, 0.2) is 0 Å². The van der Waals surface area contributed by atoms with Gasteiger partial charge in [0.05, 0.1) is 18.2 Å². The van der Waals surface area contributed by atoms with Gasteiger partial charge in [0.1, 0.15) is 11.4 Å². The van der Waals surface area contributed by atoms with Gasteiger partial charge in [-0.25, -0.2) is 9.48 Å². The van der Waals surface area contributed by atoms with Crippen LogP contribution < -0.4 is 10.1 Å². The molecule has 0 aliphatic carbocycles. The van der Waals surface area contributed by atoms with E-state index in [0.717, 1.165) is 48.4 Å². The molecule has 0 unspecified atom stereocenters. The van der Waals surface area contributed by atoms with E-state index >= 15 is 0 Å². The number of urea groups is 1. The van der Waals surface area contributed by atoms with Crippen LogP contribution in [0, 0.1) is 0 Å². The van der Waals surface area contributed by atoms with E-state index in [-0.39, 0.29) is 12.1 Å². The Morgan fingerprint density at radius 3 is 2.58 bits per heavy atom. The number of carbonyl (C=O) groups excluding carboxylic acids is 1. The SMILES string of the molecule is CCCNC(=O)N(Cc1c(-c2ccccc2)nn(C)c1Oc1ccccc1)C[C@H]1CCCO1. The Labute approximate surface area is 195 Å². The summed E-state index contributed by atoms with van der Waals surface area (Å²) in [7, 11) is 1.87. The van der Waals surface area contributed by atoms with Crippen molar-refractivity contribution >= 4 is 6.03 Å². The van der Waals surface area contributed by atoms with Crippen molar-refractivity contribution in [2.45, 2.75) is 38.8 Å². The van der Waals surface area contributed by atoms with Crippen LogP contribution in [0.3, 0.4) is 0 Å². The molecular weight excluding hydrogens is 416 g/mol. The van der Waals surface area contributed by atoms with Crippen LogP contribution >= 0.6 is 0 Å². The van der Waals surface area contributed by atoms with E-state index in [1.807, 2.05) is 79.5 Å². The Bertz CT molecular complexity index is 1030. The molecule has 1 fully saturated rings. The molecule has 1 N–H and O–H groups in total. The maximum atomic E-state index is 13.1. The second kappa shape index (κ2) is 11.0. The highest BCUT2D eigenvalue weighted by Gasteiger charge is 2.27. The first-order valence-electron chi connectivity index (χ1n) is 11.6. The lowest BCUT2D eigenvalue weighted by Gasteiger charge is -2.26. The summed E-state index contributed by atoms with van der Waals surface area (Å²) in [4.78, 5) is 14.9. The van der Waals surface area contributed by atoms with Crippen LogP contribution in [0.2, 0.25) is 0 Å². The van der Waals surface area contributed by atoms with Crippen molar-refractivity contribution in [2.75, 3.05) is 19.7 Å². The number of amides is 2. The van der Waals surface area contributed by atoms with Crippen molar-refractivity contribution in [2.24, 2.45) is 7.05 Å². The third kappa shape index (κ3) is 5.73. The third-order valence-electron chi connectivity index (χ3n) is 5.70. The lowest BCUT2D eigenvalue weighted by molar-refractivity contribution is 0.0793. The molecule has 7 nitrogen and oxygen atoms in total. The molecule has 1 aliphatic heterocycles. The predicted molar refractivity (Wildman–Crippen MR) is 128 cm³/mol. The average Bonchev–Trinajstić information content (AvgIpc) is 3.47. The minimum absolute atomic E-state index is 0.0488. The zero-order valence-electron chi connectivity index (χ0n) is 19.4. The molecular formula is C26H32N4O3. The number of aryl methyl sites for hydroxylation is 1. The highest BCUT2D eigenvalue weighted by atomic mass is 16.5. The van der Waals surface area contributed by atoms with Crippen molar-refractivity contribution < 1.29 is 14.3 Å². The Hall–Kier alpha value is -3.32. The molecule has 174 valence electrons. The summed E-state index contributed by atoms with van der Waals surface area (Å²) in [5, 5.41) is 7.81. The van der Waals surface area contributed by atoms with E-state index in [9.17, 15) is 4.79 Å². The Morgan fingerprint density at radius 1 is 1.18 bits per heavy atom. The van der Waals surface area contributed by atoms with Gasteiger partial charge in [-0.05, 0) is 31.4 Å². The Balaban J connectivity index is 1.70. The third-order valence-corrected chi connectivity index (χ3v) is 5.70. The van der Waals surface area contributed by atoms with Crippen LogP contribution in [0.5, 0.6) is 11.6 Å². The number of nitrogens with one attached hydrogen (secondary N) is 1. The number of rotatable bonds is 9. The maximum Gasteiger partial charge on any atom is 0.317 e. The minimum Gasteiger partial charge on any atom is -0.439 e. The van der Waals surface area contributed by atoms with Crippen molar-refractivity contribution in [3.63, 3.8) is 0 Å². The lowest BCUT2D eigenvalue weighted by Crippen LogP contribution is -2.43. The molecule has 0 saturated carbocycles. The number of para-hydroxylation sites is 1. The number of aromatic nitrogens is 2. The molecule has 3 aromatic rings. The summed E-state index contributed by atoms with van der Waals surface area (Å²) in [6.07, 6.45) is 2.92. The van der Waals surface area contributed by atoms with Gasteiger partial charge in [0.25, 0.3) is 0 Å². The van der Waals surface area contributed by atoms with Gasteiger partial charge in [-0.3, -0.25) is 0 Å². The fourth-order valence-electron chi connectivity index (χ4n) is 4.04. The van der Waals surface area contributed by atoms with Gasteiger partial charge in [-0.2, -0.15) is 5.10 Å². The Kier molecular flexibility index (Phi) is 7.62. The average molecular weight is 449 g/mol. The number of carbonyl (C=O) groups is 1. The van der Waals surface area contributed by atoms with Crippen LogP contribution in [0.1, 0.15) is 31.7 Å². The lowest BCUT2D eigenvalue weighted by atomic mass is 10.1. The van der Waals surface area contributed by atoms with E-state index in [1.165, 1.54) is 0 Å². The quantitative estimate of drug-likeness (QED) is 0.501. The molecule has 0 bridgehead atoms. The molecule has 1 atom stereocenters. The number of nitrogens with zero attached hydrogens (tertiary/aromatic N) is 3. The molecule has 2 heterocycles. The van der Waals surface area contributed by atoms with Crippen molar-refractivity contribution in [1.29, 1.82) is 0 Å². The number of hydrogen-bond acceptors (Lipinski definition) is 4. The van der Waals surface area contributed by atoms with E-state index in [0.29, 0.717) is 25.5 Å². The molecule has 1 saturated heterocycles. The van der Waals surface area contributed by atoms with Crippen LogP contribution in [0.15, 0.2) is 60.7 Å². The monoisotopic (exact) mass is 448 g/mol. The van der Waals surface area contributed by atoms with Crippen molar-refractivity contribution in [3.05, 3.63) is 66.2 Å². The second-order valence-electron chi connectivity index (χ2n) is 8.28. The fourth-order valence-corrected chi connectivity index (χ4v) is 4.04. The zero-order valence-corrected chi connectivity index (χ0v) is 19.4. The smallest absolute Gasteiger partial charge is 0.317 e. The van der Waals surface area contributed by atoms with Crippen molar-refractivity contribution in [3.8, 4) is 22.9 Å². The minimum atomic E-state index is -0.0964. The van der Waals surface area contributed by atoms with Gasteiger partial charge >= 0.3 is 6.03 Å². The fraction of sp³-hybridized carbons (Fsp3) is 0.385. The molecule has 7 heteroatoms. The van der Waals surface area contributed by atoms with E-state index < -0.39 is 0 Å². The highest BCUT2D eigenvalue weighted by molar-refractivity contribution is 5.75. The van der Waals surface area contributed by atoms with Crippen LogP contribution in [-0.4, -0.2) is 46.5 Å². The molecule has 4 rings (SSSR count). The number of benzene rings is 2. The summed E-state index contributed by atoms with van der Waals surface area (Å²) in [5.74, 6) is 1.35. The maximum absolute atomic E-state index is 13.1. The zero-order chi connectivity index (χ0) is 23.0. The molecule has 0 spiro atoms. The van der Waals surface area contributed by atoms with Gasteiger partial charge in [-0.15, -0.1) is 0 Å². The number of hydrogen-bond donors (Lipinski definition) is 1.